The van der Waals surface area contributed by atoms with Crippen LogP contribution in [0.4, 0.5) is 0 Å². The first-order valence-corrected chi connectivity index (χ1v) is 8.93. The number of benzene rings is 1. The van der Waals surface area contributed by atoms with Gasteiger partial charge in [-0.1, -0.05) is 0 Å². The van der Waals surface area contributed by atoms with Crippen LogP contribution in [0.5, 0.6) is 5.75 Å². The van der Waals surface area contributed by atoms with E-state index in [-0.39, 0.29) is 40.8 Å². The number of fused-ring (bicyclic) bond motifs is 1. The number of likely N-dealkylation sites (tertiary alicyclic amines) is 2. The predicted octanol–water partition coefficient (Wildman–Crippen LogP) is 1.10. The Balaban J connectivity index is 1.83. The van der Waals surface area contributed by atoms with Crippen molar-refractivity contribution in [3.63, 3.8) is 0 Å². The number of hydrogen-bond donors (Lipinski definition) is 2. The van der Waals surface area contributed by atoms with Gasteiger partial charge in [0.1, 0.15) is 5.75 Å². The standard InChI is InChI=1S/C19H26N2O5/c1-20-6-3-4-19(12-22)5-7-21(11-16(19)20)17(24)13-8-14(18(25)26-2)10-15(23)9-13/h8-10,16,22-23H,3-7,11-12H2,1-2H3/t16-,19-/m1/s1. The molecule has 2 aliphatic heterocycles. The van der Waals surface area contributed by atoms with Crippen molar-refractivity contribution in [1.82, 2.24) is 9.80 Å². The van der Waals surface area contributed by atoms with Crippen LogP contribution in [0.1, 0.15) is 40.0 Å². The van der Waals surface area contributed by atoms with Gasteiger partial charge in [-0.05, 0) is 51.1 Å². The van der Waals surface area contributed by atoms with Gasteiger partial charge in [0.2, 0.25) is 0 Å². The van der Waals surface area contributed by atoms with Crippen LogP contribution in [0.2, 0.25) is 0 Å². The smallest absolute Gasteiger partial charge is 0.338 e. The van der Waals surface area contributed by atoms with Crippen molar-refractivity contribution in [2.24, 2.45) is 5.41 Å². The molecule has 7 nitrogen and oxygen atoms in total. The van der Waals surface area contributed by atoms with E-state index in [0.717, 1.165) is 25.8 Å². The molecule has 7 heteroatoms. The topological polar surface area (TPSA) is 90.3 Å². The van der Waals surface area contributed by atoms with Gasteiger partial charge in [0.05, 0.1) is 19.3 Å². The Morgan fingerprint density at radius 3 is 2.65 bits per heavy atom. The lowest BCUT2D eigenvalue weighted by Crippen LogP contribution is -2.62. The minimum Gasteiger partial charge on any atom is -0.508 e. The number of methoxy groups -OCH3 is 1. The Morgan fingerprint density at radius 1 is 1.23 bits per heavy atom. The highest BCUT2D eigenvalue weighted by molar-refractivity contribution is 5.98. The molecule has 26 heavy (non-hydrogen) atoms. The monoisotopic (exact) mass is 362 g/mol. The first kappa shape index (κ1) is 18.7. The number of likely N-dealkylation sites (N-methyl/N-ethyl adjacent to an activating group) is 1. The van der Waals surface area contributed by atoms with Gasteiger partial charge in [-0.3, -0.25) is 4.79 Å². The van der Waals surface area contributed by atoms with Crippen molar-refractivity contribution in [1.29, 1.82) is 0 Å². The van der Waals surface area contributed by atoms with Crippen LogP contribution in [0.3, 0.4) is 0 Å². The summed E-state index contributed by atoms with van der Waals surface area (Å²) in [5.41, 5.74) is 0.257. The summed E-state index contributed by atoms with van der Waals surface area (Å²) in [4.78, 5) is 28.7. The molecule has 1 amide bonds. The van der Waals surface area contributed by atoms with E-state index in [4.69, 9.17) is 0 Å². The zero-order valence-corrected chi connectivity index (χ0v) is 15.3. The number of amides is 1. The van der Waals surface area contributed by atoms with Crippen LogP contribution in [-0.4, -0.2) is 78.3 Å². The number of carbonyl (C=O) groups is 2. The van der Waals surface area contributed by atoms with E-state index in [0.29, 0.717) is 13.1 Å². The van der Waals surface area contributed by atoms with Gasteiger partial charge in [-0.15, -0.1) is 0 Å². The number of esters is 1. The first-order chi connectivity index (χ1) is 12.4. The SMILES string of the molecule is COC(=O)c1cc(O)cc(C(=O)N2CC[C@@]3(CO)CCCN(C)[C@@H]3C2)c1. The molecule has 2 atom stereocenters. The van der Waals surface area contributed by atoms with Crippen molar-refractivity contribution in [3.05, 3.63) is 29.3 Å². The van der Waals surface area contributed by atoms with E-state index in [1.807, 2.05) is 7.05 Å². The Hall–Kier alpha value is -2.12. The zero-order valence-electron chi connectivity index (χ0n) is 15.3. The van der Waals surface area contributed by atoms with Crippen molar-refractivity contribution in [2.45, 2.75) is 25.3 Å². The molecular weight excluding hydrogens is 336 g/mol. The molecular formula is C19H26N2O5. The normalized spacial score (nSPS) is 26.3. The zero-order chi connectivity index (χ0) is 18.9. The molecule has 0 bridgehead atoms. The fraction of sp³-hybridized carbons (Fsp3) is 0.579. The van der Waals surface area contributed by atoms with Crippen LogP contribution in [-0.2, 0) is 4.74 Å². The molecule has 1 aromatic carbocycles. The van der Waals surface area contributed by atoms with E-state index >= 15 is 0 Å². The minimum absolute atomic E-state index is 0.108. The molecule has 0 aliphatic carbocycles. The maximum absolute atomic E-state index is 13.0. The van der Waals surface area contributed by atoms with Crippen molar-refractivity contribution in [2.75, 3.05) is 40.4 Å². The summed E-state index contributed by atoms with van der Waals surface area (Å²) in [6.45, 7) is 2.15. The van der Waals surface area contributed by atoms with Crippen molar-refractivity contribution >= 4 is 11.9 Å². The fourth-order valence-corrected chi connectivity index (χ4v) is 4.35. The third-order valence-electron chi connectivity index (χ3n) is 5.89. The number of aliphatic hydroxyl groups is 1. The highest BCUT2D eigenvalue weighted by Gasteiger charge is 2.47. The van der Waals surface area contributed by atoms with Gasteiger partial charge in [0.25, 0.3) is 5.91 Å². The third kappa shape index (κ3) is 3.29. The quantitative estimate of drug-likeness (QED) is 0.783. The van der Waals surface area contributed by atoms with Gasteiger partial charge in [-0.25, -0.2) is 4.79 Å². The number of rotatable bonds is 3. The summed E-state index contributed by atoms with van der Waals surface area (Å²) in [6.07, 6.45) is 2.77. The Bertz CT molecular complexity index is 707. The lowest BCUT2D eigenvalue weighted by molar-refractivity contribution is -0.0601. The maximum atomic E-state index is 13.0. The maximum Gasteiger partial charge on any atom is 0.338 e. The van der Waals surface area contributed by atoms with E-state index < -0.39 is 5.97 Å². The van der Waals surface area contributed by atoms with E-state index in [1.165, 1.54) is 25.3 Å². The van der Waals surface area contributed by atoms with Gasteiger partial charge in [-0.2, -0.15) is 0 Å². The van der Waals surface area contributed by atoms with Gasteiger partial charge in [0.15, 0.2) is 0 Å². The van der Waals surface area contributed by atoms with Crippen LogP contribution in [0.25, 0.3) is 0 Å². The van der Waals surface area contributed by atoms with E-state index in [1.54, 1.807) is 4.90 Å². The second-order valence-corrected chi connectivity index (χ2v) is 7.38. The number of hydrogen-bond acceptors (Lipinski definition) is 6. The summed E-state index contributed by atoms with van der Waals surface area (Å²) < 4.78 is 4.67. The number of aromatic hydroxyl groups is 1. The third-order valence-corrected chi connectivity index (χ3v) is 5.89. The molecule has 0 aromatic heterocycles. The molecule has 0 unspecified atom stereocenters. The Labute approximate surface area is 153 Å². The Kier molecular flexibility index (Phi) is 5.20. The predicted molar refractivity (Wildman–Crippen MR) is 95.1 cm³/mol. The van der Waals surface area contributed by atoms with Gasteiger partial charge in [0, 0.05) is 30.1 Å². The molecule has 3 rings (SSSR count). The number of phenolic OH excluding ortho intramolecular Hbond substituents is 1. The molecule has 2 heterocycles. The molecule has 2 N–H and O–H groups in total. The average Bonchev–Trinajstić information content (AvgIpc) is 2.66. The summed E-state index contributed by atoms with van der Waals surface area (Å²) in [7, 11) is 3.29. The van der Waals surface area contributed by atoms with Crippen LogP contribution < -0.4 is 0 Å². The molecule has 2 aliphatic rings. The largest absolute Gasteiger partial charge is 0.508 e. The summed E-state index contributed by atoms with van der Waals surface area (Å²) >= 11 is 0. The molecule has 2 saturated heterocycles. The van der Waals surface area contributed by atoms with Crippen LogP contribution in [0.15, 0.2) is 18.2 Å². The second kappa shape index (κ2) is 7.25. The number of piperidine rings is 2. The molecule has 142 valence electrons. The lowest BCUT2D eigenvalue weighted by Gasteiger charge is -2.53. The number of aliphatic hydroxyl groups excluding tert-OH is 1. The average molecular weight is 362 g/mol. The number of carbonyl (C=O) groups excluding carboxylic acids is 2. The number of phenols is 1. The van der Waals surface area contributed by atoms with Crippen molar-refractivity contribution in [3.8, 4) is 5.75 Å². The minimum atomic E-state index is -0.597. The second-order valence-electron chi connectivity index (χ2n) is 7.38. The molecule has 0 radical (unpaired) electrons. The molecule has 1 aromatic rings. The summed E-state index contributed by atoms with van der Waals surface area (Å²) in [5, 5.41) is 19.9. The van der Waals surface area contributed by atoms with Crippen LogP contribution >= 0.6 is 0 Å². The summed E-state index contributed by atoms with van der Waals surface area (Å²) in [5.74, 6) is -0.968. The first-order valence-electron chi connectivity index (χ1n) is 8.93. The van der Waals surface area contributed by atoms with Gasteiger partial charge >= 0.3 is 5.97 Å². The highest BCUT2D eigenvalue weighted by Crippen LogP contribution is 2.41. The molecule has 2 fully saturated rings. The Morgan fingerprint density at radius 2 is 1.96 bits per heavy atom. The molecule has 0 saturated carbocycles. The van der Waals surface area contributed by atoms with Crippen molar-refractivity contribution < 1.29 is 24.5 Å². The van der Waals surface area contributed by atoms with E-state index in [9.17, 15) is 19.8 Å². The fourth-order valence-electron chi connectivity index (χ4n) is 4.35. The number of nitrogens with zero attached hydrogens (tertiary/aromatic N) is 2. The lowest BCUT2D eigenvalue weighted by atomic mass is 9.69. The van der Waals surface area contributed by atoms with Gasteiger partial charge < -0.3 is 24.7 Å². The molecule has 0 spiro atoms. The van der Waals surface area contributed by atoms with E-state index in [2.05, 4.69) is 9.64 Å². The summed E-state index contributed by atoms with van der Waals surface area (Å²) in [6, 6.07) is 4.21. The highest BCUT2D eigenvalue weighted by atomic mass is 16.5. The van der Waals surface area contributed by atoms with Crippen LogP contribution in [0, 0.1) is 5.41 Å². The number of ether oxygens (including phenoxy) is 1.